The van der Waals surface area contributed by atoms with Crippen molar-refractivity contribution in [1.29, 1.82) is 0 Å². The third-order valence-electron chi connectivity index (χ3n) is 3.73. The molecule has 0 saturated heterocycles. The van der Waals surface area contributed by atoms with Crippen LogP contribution in [0, 0.1) is 0 Å². The van der Waals surface area contributed by atoms with Crippen molar-refractivity contribution < 1.29 is 9.21 Å². The van der Waals surface area contributed by atoms with Crippen molar-refractivity contribution in [3.05, 3.63) is 36.1 Å². The van der Waals surface area contributed by atoms with Gasteiger partial charge in [-0.2, -0.15) is 0 Å². The molecule has 3 N–H and O–H groups in total. The van der Waals surface area contributed by atoms with Crippen LogP contribution in [0.5, 0.6) is 0 Å². The summed E-state index contributed by atoms with van der Waals surface area (Å²) in [5.74, 6) is -0.137. The first-order chi connectivity index (χ1) is 9.09. The van der Waals surface area contributed by atoms with Gasteiger partial charge in [-0.05, 0) is 18.9 Å². The van der Waals surface area contributed by atoms with Crippen molar-refractivity contribution >= 4 is 16.9 Å². The predicted octanol–water partition coefficient (Wildman–Crippen LogP) is 2.68. The Morgan fingerprint density at radius 3 is 2.68 bits per heavy atom. The van der Waals surface area contributed by atoms with Gasteiger partial charge in [0.2, 0.25) is 0 Å². The third kappa shape index (κ3) is 2.79. The third-order valence-corrected chi connectivity index (χ3v) is 3.73. The van der Waals surface area contributed by atoms with Crippen LogP contribution in [-0.2, 0) is 0 Å². The van der Waals surface area contributed by atoms with Gasteiger partial charge in [-0.3, -0.25) is 4.79 Å². The van der Waals surface area contributed by atoms with Gasteiger partial charge in [0.25, 0.3) is 5.91 Å². The second kappa shape index (κ2) is 5.45. The minimum atomic E-state index is -0.338. The van der Waals surface area contributed by atoms with E-state index in [1.54, 1.807) is 0 Å². The van der Waals surface area contributed by atoms with Crippen LogP contribution in [-0.4, -0.2) is 18.0 Å². The zero-order chi connectivity index (χ0) is 13.9. The number of rotatable bonds is 5. The molecule has 0 saturated carbocycles. The molecule has 2 aromatic rings. The second-order valence-electron chi connectivity index (χ2n) is 4.90. The van der Waals surface area contributed by atoms with E-state index in [1.807, 2.05) is 38.1 Å². The number of carbonyl (C=O) groups excluding carboxylic acids is 1. The van der Waals surface area contributed by atoms with Gasteiger partial charge >= 0.3 is 0 Å². The van der Waals surface area contributed by atoms with Gasteiger partial charge in [-0.25, -0.2) is 0 Å². The van der Waals surface area contributed by atoms with Crippen LogP contribution in [0.1, 0.15) is 37.0 Å². The summed E-state index contributed by atoms with van der Waals surface area (Å²) in [6.07, 6.45) is 3.15. The number of nitrogens with two attached hydrogens (primary N) is 1. The summed E-state index contributed by atoms with van der Waals surface area (Å²) in [4.78, 5) is 12.2. The van der Waals surface area contributed by atoms with Gasteiger partial charge < -0.3 is 15.5 Å². The molecule has 0 aliphatic heterocycles. The van der Waals surface area contributed by atoms with Crippen LogP contribution in [0.25, 0.3) is 11.0 Å². The molecule has 1 heterocycles. The highest BCUT2D eigenvalue weighted by molar-refractivity contribution is 6.05. The van der Waals surface area contributed by atoms with E-state index < -0.39 is 0 Å². The fourth-order valence-corrected chi connectivity index (χ4v) is 2.01. The standard InChI is InChI=1S/C15H20N2O2/c1-3-15(16,4-2)10-17-14(18)12-9-19-13-8-6-5-7-11(12)13/h5-9H,3-4,10,16H2,1-2H3,(H,17,18). The molecule has 0 aliphatic rings. The lowest BCUT2D eigenvalue weighted by Gasteiger charge is -2.26. The van der Waals surface area contributed by atoms with Crippen molar-refractivity contribution in [2.45, 2.75) is 32.2 Å². The van der Waals surface area contributed by atoms with Crippen molar-refractivity contribution in [2.75, 3.05) is 6.54 Å². The largest absolute Gasteiger partial charge is 0.463 e. The number of furan rings is 1. The summed E-state index contributed by atoms with van der Waals surface area (Å²) in [5.41, 5.74) is 7.12. The fourth-order valence-electron chi connectivity index (χ4n) is 2.01. The SMILES string of the molecule is CCC(N)(CC)CNC(=O)c1coc2ccccc12. The second-order valence-corrected chi connectivity index (χ2v) is 4.90. The number of benzene rings is 1. The van der Waals surface area contributed by atoms with Gasteiger partial charge in [0.05, 0.1) is 5.56 Å². The van der Waals surface area contributed by atoms with Gasteiger partial charge in [-0.1, -0.05) is 32.0 Å². The van der Waals surface area contributed by atoms with E-state index in [0.29, 0.717) is 12.1 Å². The number of fused-ring (bicyclic) bond motifs is 1. The first-order valence-corrected chi connectivity index (χ1v) is 6.63. The Kier molecular flexibility index (Phi) is 3.90. The molecule has 0 atom stereocenters. The number of nitrogens with one attached hydrogen (secondary N) is 1. The van der Waals surface area contributed by atoms with E-state index in [-0.39, 0.29) is 11.4 Å². The zero-order valence-corrected chi connectivity index (χ0v) is 11.4. The number of para-hydroxylation sites is 1. The van der Waals surface area contributed by atoms with Crippen molar-refractivity contribution in [2.24, 2.45) is 5.73 Å². The Labute approximate surface area is 113 Å². The molecule has 0 aliphatic carbocycles. The van der Waals surface area contributed by atoms with E-state index in [0.717, 1.165) is 23.8 Å². The van der Waals surface area contributed by atoms with E-state index >= 15 is 0 Å². The maximum atomic E-state index is 12.2. The minimum absolute atomic E-state index is 0.137. The highest BCUT2D eigenvalue weighted by Crippen LogP contribution is 2.20. The molecule has 0 unspecified atom stereocenters. The molecule has 4 nitrogen and oxygen atoms in total. The van der Waals surface area contributed by atoms with E-state index in [2.05, 4.69) is 5.32 Å². The lowest BCUT2D eigenvalue weighted by Crippen LogP contribution is -2.49. The molecule has 0 bridgehead atoms. The van der Waals surface area contributed by atoms with Crippen LogP contribution in [0.2, 0.25) is 0 Å². The molecule has 4 heteroatoms. The van der Waals surface area contributed by atoms with Gasteiger partial charge in [0, 0.05) is 17.5 Å². The predicted molar refractivity (Wildman–Crippen MR) is 76.0 cm³/mol. The first-order valence-electron chi connectivity index (χ1n) is 6.63. The minimum Gasteiger partial charge on any atom is -0.463 e. The van der Waals surface area contributed by atoms with Crippen molar-refractivity contribution in [3.63, 3.8) is 0 Å². The maximum absolute atomic E-state index is 12.2. The quantitative estimate of drug-likeness (QED) is 0.868. The monoisotopic (exact) mass is 260 g/mol. The highest BCUT2D eigenvalue weighted by atomic mass is 16.3. The van der Waals surface area contributed by atoms with Crippen molar-refractivity contribution in [1.82, 2.24) is 5.32 Å². The number of carbonyl (C=O) groups is 1. The number of amides is 1. The molecule has 19 heavy (non-hydrogen) atoms. The summed E-state index contributed by atoms with van der Waals surface area (Å²) in [6.45, 7) is 4.53. The van der Waals surface area contributed by atoms with Crippen LogP contribution >= 0.6 is 0 Å². The highest BCUT2D eigenvalue weighted by Gasteiger charge is 2.22. The number of hydrogen-bond donors (Lipinski definition) is 2. The van der Waals surface area contributed by atoms with Crippen molar-refractivity contribution in [3.8, 4) is 0 Å². The lowest BCUT2D eigenvalue weighted by atomic mass is 9.94. The molecule has 0 fully saturated rings. The van der Waals surface area contributed by atoms with Gasteiger partial charge in [0.1, 0.15) is 11.8 Å². The zero-order valence-electron chi connectivity index (χ0n) is 11.4. The Hall–Kier alpha value is -1.81. The Bertz CT molecular complexity index is 570. The molecular formula is C15H20N2O2. The maximum Gasteiger partial charge on any atom is 0.255 e. The fraction of sp³-hybridized carbons (Fsp3) is 0.400. The summed E-state index contributed by atoms with van der Waals surface area (Å²) in [6, 6.07) is 7.49. The van der Waals surface area contributed by atoms with Crippen LogP contribution < -0.4 is 11.1 Å². The summed E-state index contributed by atoms with van der Waals surface area (Å²) >= 11 is 0. The van der Waals surface area contributed by atoms with Crippen LogP contribution in [0.15, 0.2) is 34.9 Å². The van der Waals surface area contributed by atoms with E-state index in [1.165, 1.54) is 6.26 Å². The van der Waals surface area contributed by atoms with Crippen LogP contribution in [0.4, 0.5) is 0 Å². The molecule has 2 rings (SSSR count). The molecule has 1 amide bonds. The molecule has 0 radical (unpaired) electrons. The Balaban J connectivity index is 2.12. The van der Waals surface area contributed by atoms with Gasteiger partial charge in [0.15, 0.2) is 0 Å². The first kappa shape index (κ1) is 13.6. The normalized spacial score (nSPS) is 11.7. The topological polar surface area (TPSA) is 68.3 Å². The van der Waals surface area contributed by atoms with E-state index in [4.69, 9.17) is 10.2 Å². The van der Waals surface area contributed by atoms with Crippen LogP contribution in [0.3, 0.4) is 0 Å². The average molecular weight is 260 g/mol. The molecule has 0 spiro atoms. The summed E-state index contributed by atoms with van der Waals surface area (Å²) in [7, 11) is 0. The van der Waals surface area contributed by atoms with E-state index in [9.17, 15) is 4.79 Å². The Morgan fingerprint density at radius 2 is 2.00 bits per heavy atom. The molecule has 1 aromatic heterocycles. The molecular weight excluding hydrogens is 240 g/mol. The molecule has 1 aromatic carbocycles. The smallest absolute Gasteiger partial charge is 0.255 e. The van der Waals surface area contributed by atoms with Gasteiger partial charge in [-0.15, -0.1) is 0 Å². The molecule has 102 valence electrons. The average Bonchev–Trinajstić information content (AvgIpc) is 2.88. The summed E-state index contributed by atoms with van der Waals surface area (Å²) < 4.78 is 5.36. The summed E-state index contributed by atoms with van der Waals surface area (Å²) in [5, 5.41) is 3.72. The number of hydrogen-bond acceptors (Lipinski definition) is 3. The lowest BCUT2D eigenvalue weighted by molar-refractivity contribution is 0.0943. The Morgan fingerprint density at radius 1 is 1.32 bits per heavy atom.